The third kappa shape index (κ3) is 5.05. The number of urea groups is 1. The molecule has 0 bridgehead atoms. The van der Waals surface area contributed by atoms with Gasteiger partial charge in [-0.2, -0.15) is 0 Å². The number of thiophene rings is 1. The van der Waals surface area contributed by atoms with Gasteiger partial charge in [0, 0.05) is 21.3 Å². The molecule has 0 saturated heterocycles. The summed E-state index contributed by atoms with van der Waals surface area (Å²) < 4.78 is 0.979. The summed E-state index contributed by atoms with van der Waals surface area (Å²) in [6, 6.07) is 1.58. The molecule has 18 heavy (non-hydrogen) atoms. The number of carboxylic acid groups (broad SMARTS) is 1. The smallest absolute Gasteiger partial charge is 0.323 e. The van der Waals surface area contributed by atoms with E-state index in [1.807, 2.05) is 18.4 Å². The summed E-state index contributed by atoms with van der Waals surface area (Å²) in [7, 11) is 0. The number of nitrogens with zero attached hydrogens (tertiary/aromatic N) is 1. The maximum Gasteiger partial charge on any atom is 0.323 e. The number of carbonyl (C=O) groups excluding carboxylic acids is 1. The lowest BCUT2D eigenvalue weighted by molar-refractivity contribution is -0.137. The maximum absolute atomic E-state index is 11.8. The van der Waals surface area contributed by atoms with Crippen LogP contribution < -0.4 is 5.32 Å². The maximum atomic E-state index is 11.8. The van der Waals surface area contributed by atoms with Crippen molar-refractivity contribution in [2.24, 2.45) is 0 Å². The molecule has 0 radical (unpaired) electrons. The Morgan fingerprint density at radius 2 is 2.28 bits per heavy atom. The molecule has 1 aromatic heterocycles. The minimum Gasteiger partial charge on any atom is -0.480 e. The molecular weight excluding hydrogens is 320 g/mol. The number of carboxylic acids is 1. The normalized spacial score (nSPS) is 10.1. The van der Waals surface area contributed by atoms with Gasteiger partial charge in [-0.1, -0.05) is 6.92 Å². The molecule has 1 heterocycles. The second-order valence-corrected chi connectivity index (χ2v) is 5.62. The summed E-state index contributed by atoms with van der Waals surface area (Å²) in [6.45, 7) is 2.48. The summed E-state index contributed by atoms with van der Waals surface area (Å²) in [5.41, 5.74) is 0. The van der Waals surface area contributed by atoms with Crippen molar-refractivity contribution < 1.29 is 14.7 Å². The monoisotopic (exact) mass is 334 g/mol. The molecule has 0 aliphatic rings. The van der Waals surface area contributed by atoms with Gasteiger partial charge in [-0.3, -0.25) is 4.79 Å². The number of hydrogen-bond acceptors (Lipinski definition) is 3. The van der Waals surface area contributed by atoms with Gasteiger partial charge in [0.05, 0.1) is 6.54 Å². The fourth-order valence-electron chi connectivity index (χ4n) is 1.41. The van der Waals surface area contributed by atoms with E-state index in [2.05, 4.69) is 21.2 Å². The van der Waals surface area contributed by atoms with Crippen LogP contribution in [0.4, 0.5) is 4.79 Å². The Kier molecular flexibility index (Phi) is 6.14. The summed E-state index contributed by atoms with van der Waals surface area (Å²) in [5.74, 6) is -1.00. The van der Waals surface area contributed by atoms with Gasteiger partial charge in [0.1, 0.15) is 6.54 Å². The van der Waals surface area contributed by atoms with Crippen LogP contribution in [-0.2, 0) is 11.3 Å². The predicted molar refractivity (Wildman–Crippen MR) is 73.8 cm³/mol. The van der Waals surface area contributed by atoms with Crippen LogP contribution in [0.25, 0.3) is 0 Å². The van der Waals surface area contributed by atoms with Crippen molar-refractivity contribution in [3.8, 4) is 0 Å². The minimum absolute atomic E-state index is 0.270. The number of nitrogens with one attached hydrogen (secondary N) is 1. The topological polar surface area (TPSA) is 69.6 Å². The average molecular weight is 335 g/mol. The lowest BCUT2D eigenvalue weighted by Crippen LogP contribution is -2.42. The molecule has 0 saturated carbocycles. The van der Waals surface area contributed by atoms with Crippen molar-refractivity contribution in [2.45, 2.75) is 19.9 Å². The molecule has 0 atom stereocenters. The summed E-state index contributed by atoms with van der Waals surface area (Å²) in [4.78, 5) is 24.7. The van der Waals surface area contributed by atoms with Crippen molar-refractivity contribution >= 4 is 39.3 Å². The summed E-state index contributed by atoms with van der Waals surface area (Å²) in [6.07, 6.45) is 0.727. The molecule has 0 aromatic carbocycles. The molecule has 0 aliphatic heterocycles. The Bertz CT molecular complexity index is 422. The Morgan fingerprint density at radius 1 is 1.56 bits per heavy atom. The highest BCUT2D eigenvalue weighted by Crippen LogP contribution is 2.19. The molecule has 0 spiro atoms. The molecule has 7 heteroatoms. The Labute approximate surface area is 118 Å². The first-order chi connectivity index (χ1) is 8.52. The van der Waals surface area contributed by atoms with Gasteiger partial charge in [-0.05, 0) is 28.4 Å². The first kappa shape index (κ1) is 15.0. The number of rotatable bonds is 6. The second-order valence-electron chi connectivity index (χ2n) is 3.71. The zero-order valence-corrected chi connectivity index (χ0v) is 12.4. The SMILES string of the molecule is CCCN(CC(=O)O)C(=O)NCc1cc(Br)cs1. The standard InChI is InChI=1S/C11H15BrN2O3S/c1-2-3-14(6-10(15)16)11(17)13-5-9-4-8(12)7-18-9/h4,7H,2-3,5-6H2,1H3,(H,13,17)(H,15,16). The van der Waals surface area contributed by atoms with Crippen LogP contribution in [0.1, 0.15) is 18.2 Å². The Hall–Kier alpha value is -1.08. The molecule has 0 aliphatic carbocycles. The molecule has 1 rings (SSSR count). The van der Waals surface area contributed by atoms with Gasteiger partial charge in [0.2, 0.25) is 0 Å². The van der Waals surface area contributed by atoms with Gasteiger partial charge in [-0.15, -0.1) is 11.3 Å². The summed E-state index contributed by atoms with van der Waals surface area (Å²) >= 11 is 4.87. The largest absolute Gasteiger partial charge is 0.480 e. The molecule has 0 fully saturated rings. The Balaban J connectivity index is 2.48. The van der Waals surface area contributed by atoms with Crippen LogP contribution in [0.5, 0.6) is 0 Å². The van der Waals surface area contributed by atoms with Gasteiger partial charge < -0.3 is 15.3 Å². The second kappa shape index (κ2) is 7.38. The van der Waals surface area contributed by atoms with Crippen LogP contribution in [0.15, 0.2) is 15.9 Å². The molecule has 2 N–H and O–H groups in total. The molecule has 1 aromatic rings. The van der Waals surface area contributed by atoms with E-state index >= 15 is 0 Å². The van der Waals surface area contributed by atoms with E-state index in [0.29, 0.717) is 13.1 Å². The molecule has 5 nitrogen and oxygen atoms in total. The number of amides is 2. The van der Waals surface area contributed by atoms with Crippen molar-refractivity contribution in [3.05, 3.63) is 20.8 Å². The van der Waals surface area contributed by atoms with Crippen LogP contribution in [0, 0.1) is 0 Å². The van der Waals surface area contributed by atoms with Crippen molar-refractivity contribution in [1.82, 2.24) is 10.2 Å². The van der Waals surface area contributed by atoms with E-state index in [1.165, 1.54) is 16.2 Å². The number of halogens is 1. The van der Waals surface area contributed by atoms with E-state index in [0.717, 1.165) is 15.8 Å². The predicted octanol–water partition coefficient (Wildman–Crippen LogP) is 2.52. The Morgan fingerprint density at radius 3 is 2.78 bits per heavy atom. The fraction of sp³-hybridized carbons (Fsp3) is 0.455. The quantitative estimate of drug-likeness (QED) is 0.839. The van der Waals surface area contributed by atoms with Crippen molar-refractivity contribution in [3.63, 3.8) is 0 Å². The minimum atomic E-state index is -1.00. The third-order valence-electron chi connectivity index (χ3n) is 2.14. The number of hydrogen-bond donors (Lipinski definition) is 2. The highest BCUT2D eigenvalue weighted by atomic mass is 79.9. The molecule has 0 unspecified atom stereocenters. The van der Waals surface area contributed by atoms with E-state index in [4.69, 9.17) is 5.11 Å². The van der Waals surface area contributed by atoms with E-state index in [9.17, 15) is 9.59 Å². The van der Waals surface area contributed by atoms with Gasteiger partial charge in [-0.25, -0.2) is 4.79 Å². The molecule has 100 valence electrons. The van der Waals surface area contributed by atoms with Crippen molar-refractivity contribution in [2.75, 3.05) is 13.1 Å². The van der Waals surface area contributed by atoms with Gasteiger partial charge in [0.15, 0.2) is 0 Å². The summed E-state index contributed by atoms with van der Waals surface area (Å²) in [5, 5.41) is 13.4. The van der Waals surface area contributed by atoms with Crippen LogP contribution in [-0.4, -0.2) is 35.1 Å². The lowest BCUT2D eigenvalue weighted by atomic mass is 10.4. The average Bonchev–Trinajstić information content (AvgIpc) is 2.71. The molecule has 2 amide bonds. The van der Waals surface area contributed by atoms with Crippen LogP contribution in [0.2, 0.25) is 0 Å². The van der Waals surface area contributed by atoms with E-state index in [-0.39, 0.29) is 12.6 Å². The number of carbonyl (C=O) groups is 2. The van der Waals surface area contributed by atoms with E-state index in [1.54, 1.807) is 0 Å². The first-order valence-electron chi connectivity index (χ1n) is 5.50. The lowest BCUT2D eigenvalue weighted by Gasteiger charge is -2.20. The van der Waals surface area contributed by atoms with Gasteiger partial charge >= 0.3 is 12.0 Å². The van der Waals surface area contributed by atoms with Crippen molar-refractivity contribution in [1.29, 1.82) is 0 Å². The van der Waals surface area contributed by atoms with E-state index < -0.39 is 5.97 Å². The van der Waals surface area contributed by atoms with Gasteiger partial charge in [0.25, 0.3) is 0 Å². The van der Waals surface area contributed by atoms with Crippen LogP contribution >= 0.6 is 27.3 Å². The molecular formula is C11H15BrN2O3S. The number of aliphatic carboxylic acids is 1. The highest BCUT2D eigenvalue weighted by molar-refractivity contribution is 9.10. The fourth-order valence-corrected chi connectivity index (χ4v) is 2.80. The first-order valence-corrected chi connectivity index (χ1v) is 7.17. The third-order valence-corrected chi connectivity index (χ3v) is 3.84. The highest BCUT2D eigenvalue weighted by Gasteiger charge is 2.15. The zero-order chi connectivity index (χ0) is 13.5. The zero-order valence-electron chi connectivity index (χ0n) is 9.98. The van der Waals surface area contributed by atoms with Crippen LogP contribution in [0.3, 0.4) is 0 Å².